The summed E-state index contributed by atoms with van der Waals surface area (Å²) in [5, 5.41) is 2.53. The number of hydrazine groups is 1. The third-order valence-corrected chi connectivity index (χ3v) is 4.07. The Hall–Kier alpha value is -3.55. The van der Waals surface area contributed by atoms with Crippen LogP contribution in [0.25, 0.3) is 0 Å². The largest absolute Gasteiger partial charge is 0.493 e. The summed E-state index contributed by atoms with van der Waals surface area (Å²) in [4.78, 5) is 35.4. The number of nitrogens with one attached hydrogen (secondary N) is 3. The van der Waals surface area contributed by atoms with Crippen molar-refractivity contribution in [2.45, 2.75) is 25.5 Å². The Bertz CT molecular complexity index is 865. The first-order valence-corrected chi connectivity index (χ1v) is 8.82. The summed E-state index contributed by atoms with van der Waals surface area (Å²) in [6.45, 7) is 0.356. The minimum Gasteiger partial charge on any atom is -0.493 e. The molecule has 0 bridgehead atoms. The predicted octanol–water partition coefficient (Wildman–Crippen LogP) is 1.31. The second kappa shape index (κ2) is 8.90. The Labute approximate surface area is 162 Å². The first-order chi connectivity index (χ1) is 13.6. The van der Waals surface area contributed by atoms with E-state index in [1.54, 1.807) is 6.07 Å². The van der Waals surface area contributed by atoms with Crippen molar-refractivity contribution < 1.29 is 23.9 Å². The van der Waals surface area contributed by atoms with Crippen LogP contribution >= 0.6 is 0 Å². The maximum atomic E-state index is 12.2. The average molecular weight is 383 g/mol. The lowest BCUT2D eigenvalue weighted by Crippen LogP contribution is -2.48. The molecule has 0 atom stereocenters. The van der Waals surface area contributed by atoms with Crippen molar-refractivity contribution >= 4 is 17.7 Å². The van der Waals surface area contributed by atoms with E-state index in [1.165, 1.54) is 19.2 Å². The van der Waals surface area contributed by atoms with Gasteiger partial charge >= 0.3 is 11.8 Å². The molecule has 0 saturated heterocycles. The molecular weight excluding hydrogens is 362 g/mol. The van der Waals surface area contributed by atoms with Crippen LogP contribution in [-0.4, -0.2) is 30.9 Å². The number of methoxy groups -OCH3 is 1. The van der Waals surface area contributed by atoms with Gasteiger partial charge in [-0.15, -0.1) is 0 Å². The lowest BCUT2D eigenvalue weighted by atomic mass is 10.2. The lowest BCUT2D eigenvalue weighted by molar-refractivity contribution is -0.139. The van der Waals surface area contributed by atoms with Gasteiger partial charge in [0.2, 0.25) is 0 Å². The molecule has 3 rings (SSSR count). The van der Waals surface area contributed by atoms with Gasteiger partial charge < -0.3 is 14.8 Å². The molecule has 28 heavy (non-hydrogen) atoms. The number of rotatable bonds is 6. The van der Waals surface area contributed by atoms with Gasteiger partial charge in [-0.3, -0.25) is 25.2 Å². The summed E-state index contributed by atoms with van der Waals surface area (Å²) < 4.78 is 11.0. The maximum Gasteiger partial charge on any atom is 0.327 e. The van der Waals surface area contributed by atoms with E-state index in [-0.39, 0.29) is 11.6 Å². The molecule has 8 heteroatoms. The minimum absolute atomic E-state index is 0.0571. The molecular formula is C20H21N3O5. The molecule has 1 fully saturated rings. The Kier molecular flexibility index (Phi) is 6.11. The van der Waals surface area contributed by atoms with Crippen LogP contribution in [0.2, 0.25) is 0 Å². The van der Waals surface area contributed by atoms with Gasteiger partial charge in [-0.05, 0) is 36.6 Å². The van der Waals surface area contributed by atoms with Gasteiger partial charge in [0.25, 0.3) is 5.91 Å². The zero-order valence-electron chi connectivity index (χ0n) is 15.4. The van der Waals surface area contributed by atoms with Crippen molar-refractivity contribution in [1.29, 1.82) is 0 Å². The van der Waals surface area contributed by atoms with Crippen molar-refractivity contribution in [3.05, 3.63) is 59.7 Å². The fourth-order valence-electron chi connectivity index (χ4n) is 2.38. The number of carbonyl (C=O) groups excluding carboxylic acids is 3. The normalized spacial score (nSPS) is 12.6. The highest BCUT2D eigenvalue weighted by atomic mass is 16.5. The lowest BCUT2D eigenvalue weighted by Gasteiger charge is -2.13. The van der Waals surface area contributed by atoms with Crippen LogP contribution in [0.15, 0.2) is 48.5 Å². The number of hydrogen-bond donors (Lipinski definition) is 3. The molecule has 0 radical (unpaired) electrons. The van der Waals surface area contributed by atoms with Crippen LogP contribution in [0, 0.1) is 0 Å². The molecule has 2 aromatic carbocycles. The molecule has 0 unspecified atom stereocenters. The summed E-state index contributed by atoms with van der Waals surface area (Å²) in [5.74, 6) is -1.42. The average Bonchev–Trinajstić information content (AvgIpc) is 3.54. The van der Waals surface area contributed by atoms with Crippen molar-refractivity contribution in [1.82, 2.24) is 16.2 Å². The van der Waals surface area contributed by atoms with Crippen LogP contribution in [0.5, 0.6) is 11.5 Å². The number of ether oxygens (including phenoxy) is 2. The van der Waals surface area contributed by atoms with E-state index in [2.05, 4.69) is 16.2 Å². The molecule has 3 amide bonds. The zero-order chi connectivity index (χ0) is 19.9. The van der Waals surface area contributed by atoms with Gasteiger partial charge in [-0.1, -0.05) is 30.3 Å². The summed E-state index contributed by atoms with van der Waals surface area (Å²) >= 11 is 0. The molecule has 1 aliphatic carbocycles. The topological polar surface area (TPSA) is 106 Å². The fourth-order valence-corrected chi connectivity index (χ4v) is 2.38. The van der Waals surface area contributed by atoms with Gasteiger partial charge in [-0.2, -0.15) is 0 Å². The third-order valence-electron chi connectivity index (χ3n) is 4.07. The van der Waals surface area contributed by atoms with Crippen molar-refractivity contribution in [2.75, 3.05) is 7.11 Å². The summed E-state index contributed by atoms with van der Waals surface area (Å²) in [7, 11) is 1.47. The second-order valence-corrected chi connectivity index (χ2v) is 6.30. The molecule has 0 aromatic heterocycles. The summed E-state index contributed by atoms with van der Waals surface area (Å²) in [6.07, 6.45) is 1.73. The Morgan fingerprint density at radius 1 is 0.964 bits per heavy atom. The molecule has 0 spiro atoms. The van der Waals surface area contributed by atoms with E-state index < -0.39 is 17.7 Å². The highest BCUT2D eigenvalue weighted by molar-refractivity contribution is 6.35. The highest BCUT2D eigenvalue weighted by Crippen LogP contribution is 2.28. The fraction of sp³-hybridized carbons (Fsp3) is 0.250. The smallest absolute Gasteiger partial charge is 0.327 e. The van der Waals surface area contributed by atoms with Crippen molar-refractivity contribution in [2.24, 2.45) is 0 Å². The first-order valence-electron chi connectivity index (χ1n) is 8.82. The van der Waals surface area contributed by atoms with E-state index in [4.69, 9.17) is 9.47 Å². The van der Waals surface area contributed by atoms with E-state index in [9.17, 15) is 14.4 Å². The van der Waals surface area contributed by atoms with Gasteiger partial charge in [0.15, 0.2) is 11.5 Å². The monoisotopic (exact) mass is 383 g/mol. The van der Waals surface area contributed by atoms with Gasteiger partial charge in [0.05, 0.1) is 7.11 Å². The minimum atomic E-state index is -0.921. The molecule has 8 nitrogen and oxygen atoms in total. The van der Waals surface area contributed by atoms with E-state index in [1.807, 2.05) is 30.3 Å². The van der Waals surface area contributed by atoms with Crippen molar-refractivity contribution in [3.63, 3.8) is 0 Å². The van der Waals surface area contributed by atoms with E-state index >= 15 is 0 Å². The van der Waals surface area contributed by atoms with E-state index in [0.29, 0.717) is 18.1 Å². The predicted molar refractivity (Wildman–Crippen MR) is 101 cm³/mol. The summed E-state index contributed by atoms with van der Waals surface area (Å²) in [6, 6.07) is 14.3. The van der Waals surface area contributed by atoms with Crippen LogP contribution in [0.3, 0.4) is 0 Å². The van der Waals surface area contributed by atoms with Gasteiger partial charge in [-0.25, -0.2) is 0 Å². The number of hydrogen-bond acceptors (Lipinski definition) is 5. The molecule has 0 aliphatic heterocycles. The van der Waals surface area contributed by atoms with Gasteiger partial charge in [0.1, 0.15) is 6.61 Å². The van der Waals surface area contributed by atoms with Crippen LogP contribution in [0.4, 0.5) is 0 Å². The number of amides is 3. The molecule has 1 aliphatic rings. The van der Waals surface area contributed by atoms with Gasteiger partial charge in [0, 0.05) is 11.6 Å². The van der Waals surface area contributed by atoms with Crippen LogP contribution in [-0.2, 0) is 16.2 Å². The second-order valence-electron chi connectivity index (χ2n) is 6.30. The number of benzene rings is 2. The first kappa shape index (κ1) is 19.2. The third kappa shape index (κ3) is 5.23. The molecule has 0 heterocycles. The maximum absolute atomic E-state index is 12.2. The van der Waals surface area contributed by atoms with Crippen molar-refractivity contribution in [3.8, 4) is 11.5 Å². The Balaban J connectivity index is 1.56. The Morgan fingerprint density at radius 2 is 1.71 bits per heavy atom. The SMILES string of the molecule is COc1cc(C(=O)NNC(=O)C(=O)NC2CC2)ccc1OCc1ccccc1. The summed E-state index contributed by atoms with van der Waals surface area (Å²) in [5.41, 5.74) is 5.54. The number of carbonyl (C=O) groups is 3. The highest BCUT2D eigenvalue weighted by Gasteiger charge is 2.26. The Morgan fingerprint density at radius 3 is 2.39 bits per heavy atom. The molecule has 146 valence electrons. The standard InChI is InChI=1S/C20H21N3O5/c1-27-17-11-14(7-10-16(17)28-12-13-5-3-2-4-6-13)18(24)22-23-20(26)19(25)21-15-8-9-15/h2-7,10-11,15H,8-9,12H2,1H3,(H,21,25)(H,22,24)(H,23,26). The molecule has 2 aromatic rings. The molecule has 1 saturated carbocycles. The van der Waals surface area contributed by atoms with E-state index in [0.717, 1.165) is 18.4 Å². The molecule has 3 N–H and O–H groups in total. The van der Waals surface area contributed by atoms with Crippen LogP contribution < -0.4 is 25.6 Å². The van der Waals surface area contributed by atoms with Crippen LogP contribution in [0.1, 0.15) is 28.8 Å². The quantitative estimate of drug-likeness (QED) is 0.515. The zero-order valence-corrected chi connectivity index (χ0v) is 15.4.